The van der Waals surface area contributed by atoms with Gasteiger partial charge in [0.25, 0.3) is 0 Å². The van der Waals surface area contributed by atoms with Gasteiger partial charge in [-0.3, -0.25) is 0 Å². The monoisotopic (exact) mass is 721 g/mol. The van der Waals surface area contributed by atoms with Crippen LogP contribution in [0.4, 0.5) is 34.1 Å². The highest BCUT2D eigenvalue weighted by atomic mass is 16.4. The first kappa shape index (κ1) is 32.9. The molecule has 8 aromatic carbocycles. The minimum absolute atomic E-state index is 0.460. The average molecular weight is 722 g/mol. The van der Waals surface area contributed by atoms with Gasteiger partial charge in [-0.05, 0) is 109 Å². The number of benzene rings is 8. The molecule has 2 heterocycles. The molecule has 0 aliphatic rings. The van der Waals surface area contributed by atoms with Gasteiger partial charge in [-0.2, -0.15) is 0 Å². The standard InChI is InChI=1S/C50H35N5O/c1-6-18-36(19-7-1)49-51-52-50(56-49)43-28-16-17-29-46(43)55-47-32-30-41(53(37-20-8-2-9-21-37)38-22-10-3-11-23-38)34-44(47)45-35-42(31-33-48(45)55)54(39-24-12-4-13-25-39)40-26-14-5-15-27-40/h1-35H. The van der Waals surface area contributed by atoms with Gasteiger partial charge in [-0.1, -0.05) is 103 Å². The van der Waals surface area contributed by atoms with Crippen molar-refractivity contribution in [2.24, 2.45) is 0 Å². The van der Waals surface area contributed by atoms with E-state index >= 15 is 0 Å². The third-order valence-corrected chi connectivity index (χ3v) is 10.1. The summed E-state index contributed by atoms with van der Waals surface area (Å²) in [6.45, 7) is 0. The van der Waals surface area contributed by atoms with Crippen molar-refractivity contribution in [2.45, 2.75) is 0 Å². The summed E-state index contributed by atoms with van der Waals surface area (Å²) in [5, 5.41) is 11.2. The number of fused-ring (bicyclic) bond motifs is 3. The average Bonchev–Trinajstić information content (AvgIpc) is 3.89. The van der Waals surface area contributed by atoms with Gasteiger partial charge in [0.2, 0.25) is 11.8 Å². The van der Waals surface area contributed by atoms with Gasteiger partial charge in [0.1, 0.15) is 0 Å². The predicted molar refractivity (Wildman–Crippen MR) is 229 cm³/mol. The topological polar surface area (TPSA) is 50.3 Å². The van der Waals surface area contributed by atoms with E-state index in [1.165, 1.54) is 0 Å². The molecule has 10 rings (SSSR count). The van der Waals surface area contributed by atoms with E-state index < -0.39 is 0 Å². The van der Waals surface area contributed by atoms with E-state index in [1.807, 2.05) is 36.4 Å². The summed E-state index contributed by atoms with van der Waals surface area (Å²) in [5.41, 5.74) is 11.2. The number of hydrogen-bond acceptors (Lipinski definition) is 5. The number of hydrogen-bond donors (Lipinski definition) is 0. The fraction of sp³-hybridized carbons (Fsp3) is 0. The fourth-order valence-corrected chi connectivity index (χ4v) is 7.62. The summed E-state index contributed by atoms with van der Waals surface area (Å²) < 4.78 is 8.69. The van der Waals surface area contributed by atoms with E-state index in [4.69, 9.17) is 4.42 Å². The number of aromatic nitrogens is 3. The quantitative estimate of drug-likeness (QED) is 0.149. The molecule has 0 atom stereocenters. The van der Waals surface area contributed by atoms with Crippen molar-refractivity contribution in [3.63, 3.8) is 0 Å². The molecule has 0 unspecified atom stereocenters. The molecule has 266 valence electrons. The zero-order chi connectivity index (χ0) is 37.3. The molecule has 6 nitrogen and oxygen atoms in total. The number of para-hydroxylation sites is 5. The van der Waals surface area contributed by atoms with Crippen molar-refractivity contribution in [3.05, 3.63) is 212 Å². The lowest BCUT2D eigenvalue weighted by molar-refractivity contribution is 0.584. The Morgan fingerprint density at radius 3 is 1.21 bits per heavy atom. The van der Waals surface area contributed by atoms with Crippen molar-refractivity contribution in [1.29, 1.82) is 0 Å². The summed E-state index contributed by atoms with van der Waals surface area (Å²) in [6, 6.07) is 73.8. The van der Waals surface area contributed by atoms with Crippen LogP contribution in [0, 0.1) is 0 Å². The highest BCUT2D eigenvalue weighted by molar-refractivity contribution is 6.12. The predicted octanol–water partition coefficient (Wildman–Crippen LogP) is 13.4. The highest BCUT2D eigenvalue weighted by Gasteiger charge is 2.22. The smallest absolute Gasteiger partial charge is 0.250 e. The molecular formula is C50H35N5O. The van der Waals surface area contributed by atoms with Crippen LogP contribution in [-0.2, 0) is 0 Å². The maximum absolute atomic E-state index is 6.37. The van der Waals surface area contributed by atoms with Crippen LogP contribution in [0.15, 0.2) is 217 Å². The summed E-state index contributed by atoms with van der Waals surface area (Å²) >= 11 is 0. The molecule has 0 spiro atoms. The molecule has 0 aliphatic heterocycles. The third kappa shape index (κ3) is 5.96. The number of nitrogens with zero attached hydrogens (tertiary/aromatic N) is 5. The van der Waals surface area contributed by atoms with Crippen LogP contribution in [0.1, 0.15) is 0 Å². The van der Waals surface area contributed by atoms with E-state index in [2.05, 4.69) is 200 Å². The summed E-state index contributed by atoms with van der Waals surface area (Å²) in [7, 11) is 0. The van der Waals surface area contributed by atoms with Crippen LogP contribution in [0.2, 0.25) is 0 Å². The van der Waals surface area contributed by atoms with E-state index in [9.17, 15) is 0 Å². The molecule has 0 N–H and O–H groups in total. The summed E-state index contributed by atoms with van der Waals surface area (Å²) in [6.07, 6.45) is 0. The lowest BCUT2D eigenvalue weighted by Crippen LogP contribution is -2.09. The molecule has 2 aromatic heterocycles. The molecule has 0 amide bonds. The van der Waals surface area contributed by atoms with E-state index in [1.54, 1.807) is 0 Å². The Labute approximate surface area is 324 Å². The van der Waals surface area contributed by atoms with Crippen LogP contribution >= 0.6 is 0 Å². The molecule has 56 heavy (non-hydrogen) atoms. The highest BCUT2D eigenvalue weighted by Crippen LogP contribution is 2.43. The zero-order valence-electron chi connectivity index (χ0n) is 30.4. The Bertz CT molecular complexity index is 2690. The Balaban J connectivity index is 1.22. The van der Waals surface area contributed by atoms with Gasteiger partial charge in [0.05, 0.1) is 22.3 Å². The number of rotatable bonds is 9. The Hall–Kier alpha value is -7.70. The summed E-state index contributed by atoms with van der Waals surface area (Å²) in [4.78, 5) is 4.62. The van der Waals surface area contributed by atoms with Crippen LogP contribution in [0.3, 0.4) is 0 Å². The van der Waals surface area contributed by atoms with Gasteiger partial charge >= 0.3 is 0 Å². The summed E-state index contributed by atoms with van der Waals surface area (Å²) in [5.74, 6) is 0.942. The van der Waals surface area contributed by atoms with Gasteiger partial charge in [-0.15, -0.1) is 10.2 Å². The lowest BCUT2D eigenvalue weighted by Gasteiger charge is -2.26. The molecule has 10 aromatic rings. The van der Waals surface area contributed by atoms with Crippen molar-refractivity contribution >= 4 is 55.9 Å². The molecular weight excluding hydrogens is 687 g/mol. The SMILES string of the molecule is c1ccc(-c2nnc(-c3ccccc3-n3c4ccc(N(c5ccccc5)c5ccccc5)cc4c4cc(N(c5ccccc5)c5ccccc5)ccc43)o2)cc1. The Morgan fingerprint density at radius 2 is 0.750 bits per heavy atom. The van der Waals surface area contributed by atoms with Crippen molar-refractivity contribution in [1.82, 2.24) is 14.8 Å². The lowest BCUT2D eigenvalue weighted by atomic mass is 10.1. The molecule has 0 radical (unpaired) electrons. The van der Waals surface area contributed by atoms with Gasteiger partial charge < -0.3 is 18.8 Å². The van der Waals surface area contributed by atoms with Crippen molar-refractivity contribution < 1.29 is 4.42 Å². The second-order valence-corrected chi connectivity index (χ2v) is 13.5. The maximum atomic E-state index is 6.37. The molecule has 0 fully saturated rings. The van der Waals surface area contributed by atoms with Crippen LogP contribution < -0.4 is 9.80 Å². The largest absolute Gasteiger partial charge is 0.416 e. The maximum Gasteiger partial charge on any atom is 0.250 e. The molecule has 0 bridgehead atoms. The van der Waals surface area contributed by atoms with Gasteiger partial charge in [-0.25, -0.2) is 0 Å². The minimum Gasteiger partial charge on any atom is -0.416 e. The molecule has 0 aliphatic carbocycles. The Morgan fingerprint density at radius 1 is 0.357 bits per heavy atom. The normalized spacial score (nSPS) is 11.2. The Kier molecular flexibility index (Phi) is 8.39. The first-order valence-corrected chi connectivity index (χ1v) is 18.7. The number of anilines is 6. The van der Waals surface area contributed by atoms with Crippen LogP contribution in [0.25, 0.3) is 50.4 Å². The fourth-order valence-electron chi connectivity index (χ4n) is 7.62. The van der Waals surface area contributed by atoms with E-state index in [0.717, 1.165) is 72.7 Å². The second-order valence-electron chi connectivity index (χ2n) is 13.5. The minimum atomic E-state index is 0.460. The first-order chi connectivity index (χ1) is 27.8. The molecule has 0 saturated heterocycles. The molecule has 6 heteroatoms. The van der Waals surface area contributed by atoms with Gasteiger partial charge in [0, 0.05) is 50.5 Å². The van der Waals surface area contributed by atoms with E-state index in [0.29, 0.717) is 11.8 Å². The first-order valence-electron chi connectivity index (χ1n) is 18.7. The van der Waals surface area contributed by atoms with E-state index in [-0.39, 0.29) is 0 Å². The third-order valence-electron chi connectivity index (χ3n) is 10.1. The van der Waals surface area contributed by atoms with Crippen molar-refractivity contribution in [2.75, 3.05) is 9.80 Å². The zero-order valence-corrected chi connectivity index (χ0v) is 30.4. The van der Waals surface area contributed by atoms with Crippen LogP contribution in [0.5, 0.6) is 0 Å². The molecule has 0 saturated carbocycles. The van der Waals surface area contributed by atoms with Crippen LogP contribution in [-0.4, -0.2) is 14.8 Å². The van der Waals surface area contributed by atoms with Gasteiger partial charge in [0.15, 0.2) is 0 Å². The second kappa shape index (κ2) is 14.3. The van der Waals surface area contributed by atoms with Crippen molar-refractivity contribution in [3.8, 4) is 28.6 Å².